The minimum atomic E-state index is -4.56. The maximum atomic E-state index is 13.0. The van der Waals surface area contributed by atoms with Crippen LogP contribution in [0.5, 0.6) is 0 Å². The molecule has 0 aromatic carbocycles. The molecule has 1 aliphatic rings. The average Bonchev–Trinajstić information content (AvgIpc) is 2.88. The summed E-state index contributed by atoms with van der Waals surface area (Å²) in [5.74, 6) is -0.259. The van der Waals surface area contributed by atoms with E-state index in [0.717, 1.165) is 6.07 Å². The first kappa shape index (κ1) is 17.3. The van der Waals surface area contributed by atoms with E-state index in [0.29, 0.717) is 13.0 Å². The van der Waals surface area contributed by atoms with Gasteiger partial charge in [0.05, 0.1) is 12.5 Å². The standard InChI is InChI=1S/C14H19F3N4O2/c1-13(11(22)23-4)5-6-21(8-13)12-18-9(14(15,16)17)7-10(19-12)20(2)3/h7H,5-6,8H2,1-4H3. The monoisotopic (exact) mass is 332 g/mol. The van der Waals surface area contributed by atoms with Crippen molar-refractivity contribution in [1.29, 1.82) is 0 Å². The van der Waals surface area contributed by atoms with Crippen molar-refractivity contribution in [1.82, 2.24) is 9.97 Å². The van der Waals surface area contributed by atoms with Gasteiger partial charge in [-0.3, -0.25) is 4.79 Å². The third-order valence-corrected chi connectivity index (χ3v) is 3.88. The number of esters is 1. The van der Waals surface area contributed by atoms with Crippen molar-refractivity contribution in [2.24, 2.45) is 5.41 Å². The summed E-state index contributed by atoms with van der Waals surface area (Å²) in [4.78, 5) is 22.7. The fraction of sp³-hybridized carbons (Fsp3) is 0.643. The maximum Gasteiger partial charge on any atom is 0.433 e. The molecule has 2 rings (SSSR count). The Balaban J connectivity index is 2.37. The topological polar surface area (TPSA) is 58.6 Å². The van der Waals surface area contributed by atoms with Gasteiger partial charge in [-0.15, -0.1) is 0 Å². The normalized spacial score (nSPS) is 21.4. The molecule has 0 amide bonds. The van der Waals surface area contributed by atoms with E-state index < -0.39 is 17.3 Å². The van der Waals surface area contributed by atoms with E-state index >= 15 is 0 Å². The number of carbonyl (C=O) groups excluding carboxylic acids is 1. The third kappa shape index (κ3) is 3.48. The van der Waals surface area contributed by atoms with Crippen molar-refractivity contribution in [3.8, 4) is 0 Å². The number of methoxy groups -OCH3 is 1. The highest BCUT2D eigenvalue weighted by atomic mass is 19.4. The summed E-state index contributed by atoms with van der Waals surface area (Å²) in [5.41, 5.74) is -1.78. The largest absolute Gasteiger partial charge is 0.469 e. The molecule has 2 heterocycles. The summed E-state index contributed by atoms with van der Waals surface area (Å²) in [7, 11) is 4.50. The summed E-state index contributed by atoms with van der Waals surface area (Å²) in [6.45, 7) is 2.33. The molecule has 128 valence electrons. The predicted octanol–water partition coefficient (Wildman–Crippen LogP) is 1.95. The van der Waals surface area contributed by atoms with Crippen molar-refractivity contribution >= 4 is 17.7 Å². The Kier molecular flexibility index (Phi) is 4.41. The number of rotatable bonds is 3. The van der Waals surface area contributed by atoms with Gasteiger partial charge < -0.3 is 14.5 Å². The molecule has 0 bridgehead atoms. The van der Waals surface area contributed by atoms with Crippen molar-refractivity contribution < 1.29 is 22.7 Å². The zero-order chi connectivity index (χ0) is 17.4. The van der Waals surface area contributed by atoms with E-state index in [9.17, 15) is 18.0 Å². The van der Waals surface area contributed by atoms with Gasteiger partial charge in [0, 0.05) is 33.3 Å². The van der Waals surface area contributed by atoms with Crippen LogP contribution in [0.25, 0.3) is 0 Å². The first-order valence-electron chi connectivity index (χ1n) is 7.04. The zero-order valence-electron chi connectivity index (χ0n) is 13.4. The lowest BCUT2D eigenvalue weighted by molar-refractivity contribution is -0.150. The van der Waals surface area contributed by atoms with Crippen LogP contribution >= 0.6 is 0 Å². The molecule has 9 heteroatoms. The van der Waals surface area contributed by atoms with Crippen LogP contribution in [0.4, 0.5) is 24.9 Å². The summed E-state index contributed by atoms with van der Waals surface area (Å²) < 4.78 is 43.9. The van der Waals surface area contributed by atoms with Gasteiger partial charge in [-0.2, -0.15) is 18.2 Å². The summed E-state index contributed by atoms with van der Waals surface area (Å²) in [6.07, 6.45) is -4.09. The van der Waals surface area contributed by atoms with Crippen LogP contribution in [0, 0.1) is 5.41 Å². The zero-order valence-corrected chi connectivity index (χ0v) is 13.4. The van der Waals surface area contributed by atoms with Gasteiger partial charge in [0.1, 0.15) is 5.82 Å². The van der Waals surface area contributed by atoms with Gasteiger partial charge in [0.2, 0.25) is 5.95 Å². The minimum Gasteiger partial charge on any atom is -0.469 e. The van der Waals surface area contributed by atoms with E-state index in [2.05, 4.69) is 9.97 Å². The SMILES string of the molecule is COC(=O)C1(C)CCN(c2nc(N(C)C)cc(C(F)(F)F)n2)C1. The second-order valence-corrected chi connectivity index (χ2v) is 6.03. The highest BCUT2D eigenvalue weighted by Gasteiger charge is 2.43. The first-order valence-corrected chi connectivity index (χ1v) is 7.04. The van der Waals surface area contributed by atoms with Crippen LogP contribution < -0.4 is 9.80 Å². The van der Waals surface area contributed by atoms with Gasteiger partial charge in [-0.25, -0.2) is 4.98 Å². The van der Waals surface area contributed by atoms with Crippen LogP contribution in [-0.2, 0) is 15.7 Å². The van der Waals surface area contributed by atoms with Crippen LogP contribution in [0.1, 0.15) is 19.0 Å². The second-order valence-electron chi connectivity index (χ2n) is 6.03. The molecule has 0 spiro atoms. The van der Waals surface area contributed by atoms with Gasteiger partial charge in [-0.1, -0.05) is 0 Å². The fourth-order valence-electron chi connectivity index (χ4n) is 2.48. The van der Waals surface area contributed by atoms with E-state index in [1.165, 1.54) is 12.0 Å². The molecule has 23 heavy (non-hydrogen) atoms. The Morgan fingerprint density at radius 1 is 1.39 bits per heavy atom. The summed E-state index contributed by atoms with van der Waals surface area (Å²) in [5, 5.41) is 0. The molecular weight excluding hydrogens is 313 g/mol. The first-order chi connectivity index (χ1) is 10.6. The van der Waals surface area contributed by atoms with E-state index in [4.69, 9.17) is 4.74 Å². The Morgan fingerprint density at radius 3 is 2.57 bits per heavy atom. The van der Waals surface area contributed by atoms with Crippen molar-refractivity contribution in [2.75, 3.05) is 44.1 Å². The Labute approximate surface area is 132 Å². The molecule has 1 saturated heterocycles. The highest BCUT2D eigenvalue weighted by molar-refractivity contribution is 5.78. The maximum absolute atomic E-state index is 13.0. The molecule has 1 unspecified atom stereocenters. The predicted molar refractivity (Wildman–Crippen MR) is 78.3 cm³/mol. The molecule has 1 aromatic heterocycles. The number of hydrogen-bond acceptors (Lipinski definition) is 6. The van der Waals surface area contributed by atoms with E-state index in [1.807, 2.05) is 0 Å². The number of carbonyl (C=O) groups is 1. The number of nitrogens with zero attached hydrogens (tertiary/aromatic N) is 4. The van der Waals surface area contributed by atoms with Crippen molar-refractivity contribution in [3.63, 3.8) is 0 Å². The van der Waals surface area contributed by atoms with Gasteiger partial charge in [0.25, 0.3) is 0 Å². The number of hydrogen-bond donors (Lipinski definition) is 0. The highest BCUT2D eigenvalue weighted by Crippen LogP contribution is 2.35. The number of halogens is 3. The van der Waals surface area contributed by atoms with E-state index in [1.54, 1.807) is 25.9 Å². The second kappa shape index (κ2) is 5.86. The summed E-state index contributed by atoms with van der Waals surface area (Å²) >= 11 is 0. The molecule has 0 saturated carbocycles. The van der Waals surface area contributed by atoms with Crippen LogP contribution in [0.2, 0.25) is 0 Å². The van der Waals surface area contributed by atoms with Gasteiger partial charge >= 0.3 is 12.1 Å². The van der Waals surface area contributed by atoms with Crippen LogP contribution in [0.3, 0.4) is 0 Å². The molecule has 0 radical (unpaired) electrons. The van der Waals surface area contributed by atoms with Gasteiger partial charge in [0.15, 0.2) is 5.69 Å². The quantitative estimate of drug-likeness (QED) is 0.789. The van der Waals surface area contributed by atoms with Crippen molar-refractivity contribution in [2.45, 2.75) is 19.5 Å². The Bertz CT molecular complexity index is 606. The van der Waals surface area contributed by atoms with Gasteiger partial charge in [-0.05, 0) is 13.3 Å². The van der Waals surface area contributed by atoms with Crippen LogP contribution in [0.15, 0.2) is 6.07 Å². The molecule has 0 N–H and O–H groups in total. The molecule has 0 aliphatic carbocycles. The van der Waals surface area contributed by atoms with E-state index in [-0.39, 0.29) is 24.3 Å². The third-order valence-electron chi connectivity index (χ3n) is 3.88. The lowest BCUT2D eigenvalue weighted by atomic mass is 9.90. The molecule has 1 atom stereocenters. The average molecular weight is 332 g/mol. The lowest BCUT2D eigenvalue weighted by Crippen LogP contribution is -2.33. The lowest BCUT2D eigenvalue weighted by Gasteiger charge is -2.23. The van der Waals surface area contributed by atoms with Crippen molar-refractivity contribution in [3.05, 3.63) is 11.8 Å². The summed E-state index contributed by atoms with van der Waals surface area (Å²) in [6, 6.07) is 0.902. The van der Waals surface area contributed by atoms with Crippen LogP contribution in [-0.4, -0.2) is 50.2 Å². The molecular formula is C14H19F3N4O2. The number of alkyl halides is 3. The molecule has 1 fully saturated rings. The molecule has 1 aromatic rings. The number of aromatic nitrogens is 2. The smallest absolute Gasteiger partial charge is 0.433 e. The Hall–Kier alpha value is -2.06. The Morgan fingerprint density at radius 2 is 2.04 bits per heavy atom. The number of ether oxygens (including phenoxy) is 1. The molecule has 6 nitrogen and oxygen atoms in total. The minimum absolute atomic E-state index is 0.0313. The molecule has 1 aliphatic heterocycles. The number of anilines is 2. The fourth-order valence-corrected chi connectivity index (χ4v) is 2.48.